The Labute approximate surface area is 122 Å². The lowest BCUT2D eigenvalue weighted by atomic mass is 10.4. The number of hydrogen-bond acceptors (Lipinski definition) is 6. The molecule has 13 heteroatoms. The normalized spacial score (nSPS) is 14.8. The minimum atomic E-state index is -6.03. The first kappa shape index (κ1) is 18.8. The second kappa shape index (κ2) is 6.45. The summed E-state index contributed by atoms with van der Waals surface area (Å²) < 4.78 is 95.2. The third kappa shape index (κ3) is 4.36. The summed E-state index contributed by atoms with van der Waals surface area (Å²) in [4.78, 5) is -0.500. The van der Waals surface area contributed by atoms with Crippen molar-refractivity contribution in [2.45, 2.75) is 10.4 Å². The van der Waals surface area contributed by atoms with Gasteiger partial charge in [-0.3, -0.25) is 8.65 Å². The molecule has 0 aliphatic carbocycles. The molecule has 0 amide bonds. The molecule has 1 unspecified atom stereocenters. The fourth-order valence-electron chi connectivity index (χ4n) is 1.17. The van der Waals surface area contributed by atoms with Crippen LogP contribution in [0.5, 0.6) is 0 Å². The second-order valence-corrected chi connectivity index (χ2v) is 7.34. The Morgan fingerprint density at radius 1 is 1.09 bits per heavy atom. The molecule has 0 aliphatic heterocycles. The van der Waals surface area contributed by atoms with Gasteiger partial charge in [0.15, 0.2) is 0 Å². The number of quaternary nitrogens is 1. The number of sulfonamides is 1. The largest absolute Gasteiger partial charge is 0.618 e. The van der Waals surface area contributed by atoms with Gasteiger partial charge >= 0.3 is 15.5 Å². The van der Waals surface area contributed by atoms with E-state index in [0.29, 0.717) is 0 Å². The van der Waals surface area contributed by atoms with E-state index in [1.54, 1.807) is 0 Å². The standard InChI is InChI=1S/C9H9F4NO6S2/c10-7-1-3-8(4-2-7)21(16,17)20-6-5-14(15)22(18,19)9(11,12)13/h1-4,14H,5-6H2. The number of nitrogens with one attached hydrogen (secondary N) is 1. The van der Waals surface area contributed by atoms with Crippen molar-refractivity contribution in [2.24, 2.45) is 0 Å². The van der Waals surface area contributed by atoms with E-state index in [2.05, 4.69) is 4.18 Å². The second-order valence-electron chi connectivity index (χ2n) is 3.80. The molecule has 7 nitrogen and oxygen atoms in total. The van der Waals surface area contributed by atoms with Crippen molar-refractivity contribution in [3.63, 3.8) is 0 Å². The molecule has 1 aromatic rings. The van der Waals surface area contributed by atoms with E-state index in [-0.39, 0.29) is 0 Å². The van der Waals surface area contributed by atoms with Gasteiger partial charge in [0.25, 0.3) is 10.1 Å². The zero-order chi connectivity index (χ0) is 17.2. The summed E-state index contributed by atoms with van der Waals surface area (Å²) in [6.45, 7) is -2.41. The fourth-order valence-corrected chi connectivity index (χ4v) is 2.69. The average Bonchev–Trinajstić information content (AvgIpc) is 2.37. The molecule has 1 rings (SSSR count). The quantitative estimate of drug-likeness (QED) is 0.423. The highest BCUT2D eigenvalue weighted by Crippen LogP contribution is 2.19. The van der Waals surface area contributed by atoms with E-state index >= 15 is 0 Å². The van der Waals surface area contributed by atoms with E-state index in [4.69, 9.17) is 0 Å². The smallest absolute Gasteiger partial charge is 0.549 e. The Balaban J connectivity index is 2.69. The van der Waals surface area contributed by atoms with E-state index < -0.39 is 54.0 Å². The van der Waals surface area contributed by atoms with Crippen LogP contribution in [-0.2, 0) is 24.3 Å². The van der Waals surface area contributed by atoms with Crippen molar-refractivity contribution in [3.8, 4) is 0 Å². The zero-order valence-corrected chi connectivity index (χ0v) is 12.1. The van der Waals surface area contributed by atoms with Crippen LogP contribution in [0.4, 0.5) is 17.6 Å². The van der Waals surface area contributed by atoms with Crippen LogP contribution in [-0.4, -0.2) is 35.5 Å². The number of alkyl halides is 3. The molecular weight excluding hydrogens is 358 g/mol. The highest BCUT2D eigenvalue weighted by molar-refractivity contribution is 7.86. The van der Waals surface area contributed by atoms with Crippen molar-refractivity contribution in [3.05, 3.63) is 35.3 Å². The van der Waals surface area contributed by atoms with Crippen molar-refractivity contribution in [1.82, 2.24) is 0 Å². The maximum Gasteiger partial charge on any atom is 0.549 e. The van der Waals surface area contributed by atoms with E-state index in [0.717, 1.165) is 24.3 Å². The molecule has 1 aromatic carbocycles. The van der Waals surface area contributed by atoms with Crippen molar-refractivity contribution >= 4 is 20.1 Å². The van der Waals surface area contributed by atoms with Gasteiger partial charge in [-0.15, -0.1) is 0 Å². The van der Waals surface area contributed by atoms with Crippen LogP contribution in [0.2, 0.25) is 0 Å². The van der Waals surface area contributed by atoms with Crippen LogP contribution >= 0.6 is 0 Å². The van der Waals surface area contributed by atoms with Gasteiger partial charge in [0.05, 0.1) is 4.90 Å². The molecule has 0 saturated heterocycles. The van der Waals surface area contributed by atoms with Gasteiger partial charge in [-0.05, 0) is 24.3 Å². The maximum absolute atomic E-state index is 12.6. The minimum Gasteiger partial charge on any atom is -0.618 e. The van der Waals surface area contributed by atoms with E-state index in [1.165, 1.54) is 0 Å². The van der Waals surface area contributed by atoms with Crippen LogP contribution in [0.1, 0.15) is 0 Å². The maximum atomic E-state index is 12.6. The van der Waals surface area contributed by atoms with Crippen molar-refractivity contribution < 1.29 is 43.0 Å². The number of benzene rings is 1. The predicted octanol–water partition coefficient (Wildman–Crippen LogP) is -0.237. The number of hydrogen-bond donors (Lipinski definition) is 1. The van der Waals surface area contributed by atoms with Crippen molar-refractivity contribution in [2.75, 3.05) is 13.2 Å². The molecule has 0 bridgehead atoms. The summed E-state index contributed by atoms with van der Waals surface area (Å²) in [5.41, 5.74) is -5.76. The Bertz CT molecular complexity index is 713. The molecule has 22 heavy (non-hydrogen) atoms. The fraction of sp³-hybridized carbons (Fsp3) is 0.333. The first-order valence-electron chi connectivity index (χ1n) is 5.37. The monoisotopic (exact) mass is 367 g/mol. The van der Waals surface area contributed by atoms with E-state index in [1.807, 2.05) is 0 Å². The van der Waals surface area contributed by atoms with Gasteiger partial charge in [0.2, 0.25) is 0 Å². The molecule has 0 radical (unpaired) electrons. The summed E-state index contributed by atoms with van der Waals surface area (Å²) in [5.74, 6) is -0.731. The lowest BCUT2D eigenvalue weighted by Crippen LogP contribution is -3.11. The van der Waals surface area contributed by atoms with Gasteiger partial charge in [-0.2, -0.15) is 30.0 Å². The Hall–Kier alpha value is -1.28. The molecular formula is C9H9F4NO6S2. The molecule has 0 aliphatic rings. The van der Waals surface area contributed by atoms with Gasteiger partial charge < -0.3 is 5.21 Å². The molecule has 0 spiro atoms. The summed E-state index contributed by atoms with van der Waals surface area (Å²) in [6.07, 6.45) is 0. The zero-order valence-electron chi connectivity index (χ0n) is 10.5. The number of halogens is 4. The molecule has 0 fully saturated rings. The van der Waals surface area contributed by atoms with Gasteiger partial charge in [-0.25, -0.2) is 4.39 Å². The van der Waals surface area contributed by atoms with Crippen LogP contribution < -0.4 is 4.47 Å². The van der Waals surface area contributed by atoms with Crippen molar-refractivity contribution in [1.29, 1.82) is 0 Å². The Morgan fingerprint density at radius 2 is 1.59 bits per heavy atom. The van der Waals surface area contributed by atoms with Crippen LogP contribution in [0, 0.1) is 11.0 Å². The van der Waals surface area contributed by atoms with Crippen LogP contribution in [0.15, 0.2) is 29.2 Å². The molecule has 126 valence electrons. The van der Waals surface area contributed by atoms with Gasteiger partial charge in [0, 0.05) is 0 Å². The molecule has 0 aromatic heterocycles. The predicted molar refractivity (Wildman–Crippen MR) is 63.7 cm³/mol. The lowest BCUT2D eigenvalue weighted by Gasteiger charge is -2.21. The Kier molecular flexibility index (Phi) is 5.51. The molecule has 1 N–H and O–H groups in total. The third-order valence-corrected chi connectivity index (χ3v) is 4.99. The molecule has 1 atom stereocenters. The SMILES string of the molecule is O=S(=O)(OCC[NH+]([O-])S(=O)(=O)C(F)(F)F)c1ccc(F)cc1. The Morgan fingerprint density at radius 3 is 2.05 bits per heavy atom. The highest BCUT2D eigenvalue weighted by atomic mass is 32.2. The van der Waals surface area contributed by atoms with Crippen LogP contribution in [0.25, 0.3) is 0 Å². The summed E-state index contributed by atoms with van der Waals surface area (Å²) in [5, 5.41) is 10.9. The minimum absolute atomic E-state index is 0.500. The summed E-state index contributed by atoms with van der Waals surface area (Å²) in [6, 6.07) is 3.27. The van der Waals surface area contributed by atoms with Gasteiger partial charge in [0.1, 0.15) is 19.0 Å². The summed E-state index contributed by atoms with van der Waals surface area (Å²) in [7, 11) is -10.5. The lowest BCUT2D eigenvalue weighted by molar-refractivity contribution is -0.712. The third-order valence-electron chi connectivity index (χ3n) is 2.25. The summed E-state index contributed by atoms with van der Waals surface area (Å²) >= 11 is 0. The number of rotatable bonds is 6. The van der Waals surface area contributed by atoms with Gasteiger partial charge in [-0.1, -0.05) is 0 Å². The molecule has 0 saturated carbocycles. The van der Waals surface area contributed by atoms with E-state index in [9.17, 15) is 39.6 Å². The topological polar surface area (TPSA) is 105 Å². The van der Waals surface area contributed by atoms with Crippen LogP contribution in [0.3, 0.4) is 0 Å². The first-order valence-corrected chi connectivity index (χ1v) is 8.26. The average molecular weight is 367 g/mol. The highest BCUT2D eigenvalue weighted by Gasteiger charge is 2.51. The number of hydroxylamine groups is 1. The first-order chi connectivity index (χ1) is 9.88. The molecule has 0 heterocycles.